The van der Waals surface area contributed by atoms with E-state index in [4.69, 9.17) is 9.15 Å². The van der Waals surface area contributed by atoms with Crippen LogP contribution in [0.5, 0.6) is 0 Å². The number of hydrogen-bond donors (Lipinski definition) is 1. The van der Waals surface area contributed by atoms with Crippen molar-refractivity contribution >= 4 is 10.0 Å². The third kappa shape index (κ3) is 3.41. The molecule has 1 aliphatic heterocycles. The first-order valence-corrected chi connectivity index (χ1v) is 8.37. The summed E-state index contributed by atoms with van der Waals surface area (Å²) in [5.74, 6) is 0.621. The van der Waals surface area contributed by atoms with E-state index >= 15 is 0 Å². The van der Waals surface area contributed by atoms with Crippen molar-refractivity contribution in [2.24, 2.45) is 0 Å². The van der Waals surface area contributed by atoms with Crippen LogP contribution in [0.1, 0.15) is 25.5 Å². The molecule has 0 atom stereocenters. The molecule has 0 bridgehead atoms. The van der Waals surface area contributed by atoms with Gasteiger partial charge in [0.15, 0.2) is 0 Å². The van der Waals surface area contributed by atoms with Crippen molar-refractivity contribution in [1.82, 2.24) is 9.62 Å². The van der Waals surface area contributed by atoms with Crippen molar-refractivity contribution < 1.29 is 17.6 Å². The smallest absolute Gasteiger partial charge is 0.276 e. The van der Waals surface area contributed by atoms with Gasteiger partial charge in [-0.2, -0.15) is 4.31 Å². The van der Waals surface area contributed by atoms with Crippen LogP contribution in [0, 0.1) is 0 Å². The van der Waals surface area contributed by atoms with E-state index in [0.29, 0.717) is 32.0 Å². The molecule has 0 aliphatic carbocycles. The van der Waals surface area contributed by atoms with Gasteiger partial charge in [0.2, 0.25) is 5.09 Å². The van der Waals surface area contributed by atoms with E-state index in [9.17, 15) is 8.42 Å². The number of sulfonamides is 1. The largest absolute Gasteiger partial charge is 0.447 e. The molecule has 1 N–H and O–H groups in total. The van der Waals surface area contributed by atoms with Crippen LogP contribution in [0.3, 0.4) is 0 Å². The Morgan fingerprint density at radius 2 is 2.10 bits per heavy atom. The van der Waals surface area contributed by atoms with Crippen molar-refractivity contribution in [3.63, 3.8) is 0 Å². The molecule has 2 rings (SSSR count). The van der Waals surface area contributed by atoms with E-state index in [-0.39, 0.29) is 11.2 Å². The highest BCUT2D eigenvalue weighted by molar-refractivity contribution is 7.89. The molecule has 0 radical (unpaired) electrons. The molecule has 1 fully saturated rings. The molecule has 7 heteroatoms. The summed E-state index contributed by atoms with van der Waals surface area (Å²) in [6.45, 7) is 4.10. The maximum absolute atomic E-state index is 12.4. The fraction of sp³-hybridized carbons (Fsp3) is 0.692. The van der Waals surface area contributed by atoms with Crippen LogP contribution >= 0.6 is 0 Å². The van der Waals surface area contributed by atoms with Gasteiger partial charge in [0, 0.05) is 19.7 Å². The predicted octanol–water partition coefficient (Wildman–Crippen LogP) is 1.19. The molecule has 0 saturated carbocycles. The minimum atomic E-state index is -3.51. The molecule has 6 nitrogen and oxygen atoms in total. The third-order valence-electron chi connectivity index (χ3n) is 3.39. The molecule has 1 aromatic rings. The molecule has 0 amide bonds. The molecular formula is C13H22N2O4S. The summed E-state index contributed by atoms with van der Waals surface area (Å²) in [5.41, 5.74) is 0. The van der Waals surface area contributed by atoms with Crippen LogP contribution in [0.2, 0.25) is 0 Å². The van der Waals surface area contributed by atoms with Crippen molar-refractivity contribution in [3.05, 3.63) is 17.9 Å². The van der Waals surface area contributed by atoms with Crippen molar-refractivity contribution in [2.75, 3.05) is 26.7 Å². The molecule has 20 heavy (non-hydrogen) atoms. The summed E-state index contributed by atoms with van der Waals surface area (Å²) in [4.78, 5) is 0. The zero-order valence-corrected chi connectivity index (χ0v) is 12.8. The summed E-state index contributed by atoms with van der Waals surface area (Å²) in [5, 5.41) is 2.95. The number of rotatable bonds is 6. The van der Waals surface area contributed by atoms with E-state index in [1.165, 1.54) is 10.4 Å². The second-order valence-electron chi connectivity index (χ2n) is 4.81. The minimum Gasteiger partial charge on any atom is -0.447 e. The Kier molecular flexibility index (Phi) is 5.20. The molecule has 2 heterocycles. The molecule has 1 saturated heterocycles. The van der Waals surface area contributed by atoms with Crippen LogP contribution in [0.4, 0.5) is 0 Å². The number of piperidine rings is 1. The summed E-state index contributed by atoms with van der Waals surface area (Å²) < 4.78 is 37.3. The second-order valence-corrected chi connectivity index (χ2v) is 6.68. The van der Waals surface area contributed by atoms with Gasteiger partial charge in [-0.3, -0.25) is 0 Å². The summed E-state index contributed by atoms with van der Waals surface area (Å²) in [6.07, 6.45) is 1.64. The zero-order chi connectivity index (χ0) is 14.6. The normalized spacial score (nSPS) is 18.5. The molecule has 114 valence electrons. The standard InChI is InChI=1S/C13H22N2O4S/c1-3-18-11-6-8-15(9-7-11)20(16,17)13-5-4-12(19-13)10-14-2/h4-5,11,14H,3,6-10H2,1-2H3. The zero-order valence-electron chi connectivity index (χ0n) is 12.0. The Hall–Kier alpha value is -0.890. The number of nitrogens with zero attached hydrogens (tertiary/aromatic N) is 1. The van der Waals surface area contributed by atoms with Crippen LogP contribution in [-0.4, -0.2) is 45.6 Å². The first kappa shape index (κ1) is 15.5. The first-order chi connectivity index (χ1) is 9.57. The van der Waals surface area contributed by atoms with Crippen LogP contribution < -0.4 is 5.32 Å². The van der Waals surface area contributed by atoms with Crippen molar-refractivity contribution in [1.29, 1.82) is 0 Å². The third-order valence-corrected chi connectivity index (χ3v) is 5.16. The van der Waals surface area contributed by atoms with Gasteiger partial charge in [-0.15, -0.1) is 0 Å². The Morgan fingerprint density at radius 3 is 2.70 bits per heavy atom. The maximum Gasteiger partial charge on any atom is 0.276 e. The second kappa shape index (κ2) is 6.71. The molecule has 1 aromatic heterocycles. The van der Waals surface area contributed by atoms with Gasteiger partial charge in [0.1, 0.15) is 5.76 Å². The van der Waals surface area contributed by atoms with Crippen LogP contribution in [0.15, 0.2) is 21.6 Å². The number of hydrogen-bond acceptors (Lipinski definition) is 5. The van der Waals surface area contributed by atoms with Gasteiger partial charge in [0.05, 0.1) is 12.6 Å². The highest BCUT2D eigenvalue weighted by Crippen LogP contribution is 2.23. The monoisotopic (exact) mass is 302 g/mol. The summed E-state index contributed by atoms with van der Waals surface area (Å²) in [6, 6.07) is 3.22. The van der Waals surface area contributed by atoms with Crippen LogP contribution in [0.25, 0.3) is 0 Å². The Bertz CT molecular complexity index is 518. The number of ether oxygens (including phenoxy) is 1. The lowest BCUT2D eigenvalue weighted by molar-refractivity contribution is 0.0288. The minimum absolute atomic E-state index is 0.0256. The van der Waals surface area contributed by atoms with Crippen molar-refractivity contribution in [2.45, 2.75) is 37.5 Å². The van der Waals surface area contributed by atoms with Gasteiger partial charge in [-0.1, -0.05) is 0 Å². The quantitative estimate of drug-likeness (QED) is 0.854. The topological polar surface area (TPSA) is 71.8 Å². The van der Waals surface area contributed by atoms with E-state index in [1.807, 2.05) is 6.92 Å². The fourth-order valence-electron chi connectivity index (χ4n) is 2.37. The molecule has 1 aliphatic rings. The van der Waals surface area contributed by atoms with Gasteiger partial charge in [-0.05, 0) is 38.9 Å². The highest BCUT2D eigenvalue weighted by Gasteiger charge is 2.31. The molecular weight excluding hydrogens is 280 g/mol. The number of nitrogens with one attached hydrogen (secondary N) is 1. The molecule has 0 spiro atoms. The van der Waals surface area contributed by atoms with E-state index in [2.05, 4.69) is 5.32 Å². The van der Waals surface area contributed by atoms with Gasteiger partial charge in [-0.25, -0.2) is 8.42 Å². The average molecular weight is 302 g/mol. The van der Waals surface area contributed by atoms with E-state index in [0.717, 1.165) is 12.8 Å². The Morgan fingerprint density at radius 1 is 1.40 bits per heavy atom. The van der Waals surface area contributed by atoms with Gasteiger partial charge in [0.25, 0.3) is 10.0 Å². The van der Waals surface area contributed by atoms with E-state index < -0.39 is 10.0 Å². The number of furan rings is 1. The Balaban J connectivity index is 2.03. The lowest BCUT2D eigenvalue weighted by atomic mass is 10.1. The molecule has 0 unspecified atom stereocenters. The molecule has 0 aromatic carbocycles. The fourth-order valence-corrected chi connectivity index (χ4v) is 3.77. The van der Waals surface area contributed by atoms with Crippen molar-refractivity contribution in [3.8, 4) is 0 Å². The highest BCUT2D eigenvalue weighted by atomic mass is 32.2. The maximum atomic E-state index is 12.4. The summed E-state index contributed by atoms with van der Waals surface area (Å²) in [7, 11) is -1.73. The first-order valence-electron chi connectivity index (χ1n) is 6.93. The predicted molar refractivity (Wildman–Crippen MR) is 74.9 cm³/mol. The Labute approximate surface area is 120 Å². The van der Waals surface area contributed by atoms with E-state index in [1.54, 1.807) is 13.1 Å². The lowest BCUT2D eigenvalue weighted by Crippen LogP contribution is -2.40. The summed E-state index contributed by atoms with van der Waals surface area (Å²) >= 11 is 0. The average Bonchev–Trinajstić information content (AvgIpc) is 2.90. The van der Waals surface area contributed by atoms with Gasteiger partial charge >= 0.3 is 0 Å². The van der Waals surface area contributed by atoms with Gasteiger partial charge < -0.3 is 14.5 Å². The SMILES string of the molecule is CCOC1CCN(S(=O)(=O)c2ccc(CNC)o2)CC1. The lowest BCUT2D eigenvalue weighted by Gasteiger charge is -2.30. The van der Waals surface area contributed by atoms with Crippen LogP contribution in [-0.2, 0) is 21.3 Å².